The number of hydrogen-bond donors (Lipinski definition) is 0. The van der Waals surface area contributed by atoms with Crippen LogP contribution in [-0.2, 0) is 9.31 Å². The summed E-state index contributed by atoms with van der Waals surface area (Å²) in [6.07, 6.45) is 0. The predicted octanol–water partition coefficient (Wildman–Crippen LogP) is 6.29. The zero-order valence-corrected chi connectivity index (χ0v) is 18.9. The van der Waals surface area contributed by atoms with E-state index in [1.54, 1.807) is 7.11 Å². The molecule has 158 valence electrons. The van der Waals surface area contributed by atoms with E-state index in [2.05, 4.69) is 70.2 Å². The molecule has 31 heavy (non-hydrogen) atoms. The molecule has 3 aromatic rings. The predicted molar refractivity (Wildman–Crippen MR) is 128 cm³/mol. The highest BCUT2D eigenvalue weighted by molar-refractivity contribution is 6.71. The molecular formula is C27H29BO3. The first-order valence-corrected chi connectivity index (χ1v) is 10.7. The maximum absolute atomic E-state index is 6.56. The van der Waals surface area contributed by atoms with Crippen molar-refractivity contribution >= 4 is 18.2 Å². The van der Waals surface area contributed by atoms with E-state index < -0.39 is 18.3 Å². The summed E-state index contributed by atoms with van der Waals surface area (Å²) in [6, 6.07) is 28.8. The van der Waals surface area contributed by atoms with Crippen LogP contribution in [0.5, 0.6) is 5.75 Å². The van der Waals surface area contributed by atoms with Gasteiger partial charge in [-0.3, -0.25) is 0 Å². The summed E-state index contributed by atoms with van der Waals surface area (Å²) >= 11 is 0. The van der Waals surface area contributed by atoms with Gasteiger partial charge in [-0.2, -0.15) is 0 Å². The minimum atomic E-state index is -0.521. The fourth-order valence-corrected chi connectivity index (χ4v) is 3.89. The van der Waals surface area contributed by atoms with Gasteiger partial charge in [-0.15, -0.1) is 0 Å². The van der Waals surface area contributed by atoms with E-state index in [1.807, 2.05) is 42.5 Å². The van der Waals surface area contributed by atoms with E-state index in [-0.39, 0.29) is 0 Å². The summed E-state index contributed by atoms with van der Waals surface area (Å²) in [6.45, 7) is 8.34. The zero-order valence-electron chi connectivity index (χ0n) is 18.9. The third-order valence-corrected chi connectivity index (χ3v) is 6.28. The monoisotopic (exact) mass is 412 g/mol. The lowest BCUT2D eigenvalue weighted by Crippen LogP contribution is -2.41. The topological polar surface area (TPSA) is 27.7 Å². The van der Waals surface area contributed by atoms with E-state index >= 15 is 0 Å². The van der Waals surface area contributed by atoms with Crippen LogP contribution in [0.1, 0.15) is 44.4 Å². The van der Waals surface area contributed by atoms with Crippen molar-refractivity contribution in [3.05, 3.63) is 102 Å². The highest BCUT2D eigenvalue weighted by atomic mass is 16.7. The number of rotatable bonds is 5. The fraction of sp³-hybridized carbons (Fsp3) is 0.259. The van der Waals surface area contributed by atoms with Gasteiger partial charge in [-0.1, -0.05) is 78.9 Å². The van der Waals surface area contributed by atoms with Gasteiger partial charge in [0.25, 0.3) is 0 Å². The smallest absolute Gasteiger partial charge is 0.496 e. The van der Waals surface area contributed by atoms with E-state index in [0.717, 1.165) is 33.5 Å². The van der Waals surface area contributed by atoms with Crippen molar-refractivity contribution < 1.29 is 14.0 Å². The van der Waals surface area contributed by atoms with Crippen LogP contribution in [0.25, 0.3) is 11.0 Å². The molecule has 4 rings (SSSR count). The minimum absolute atomic E-state index is 0.444. The number of ether oxygens (including phenoxy) is 1. The largest absolute Gasteiger partial charge is 0.496 e. The Morgan fingerprint density at radius 1 is 0.677 bits per heavy atom. The second-order valence-electron chi connectivity index (χ2n) is 8.81. The molecule has 0 unspecified atom stereocenters. The molecule has 1 aliphatic rings. The fourth-order valence-electron chi connectivity index (χ4n) is 3.89. The molecule has 0 aliphatic carbocycles. The molecule has 0 N–H and O–H groups in total. The highest BCUT2D eigenvalue weighted by Crippen LogP contribution is 2.45. The first-order chi connectivity index (χ1) is 14.8. The molecule has 1 fully saturated rings. The van der Waals surface area contributed by atoms with E-state index in [1.165, 1.54) is 0 Å². The van der Waals surface area contributed by atoms with Crippen molar-refractivity contribution in [3.63, 3.8) is 0 Å². The number of para-hydroxylation sites is 1. The Morgan fingerprint density at radius 2 is 1.16 bits per heavy atom. The molecule has 1 saturated heterocycles. The van der Waals surface area contributed by atoms with Gasteiger partial charge in [0.15, 0.2) is 0 Å². The van der Waals surface area contributed by atoms with E-state index in [0.29, 0.717) is 0 Å². The zero-order chi connectivity index (χ0) is 22.1. The Kier molecular flexibility index (Phi) is 5.78. The standard InChI is InChI=1S/C27H29BO3/c1-26(2)27(3,4)31-28(30-26)25(21-16-10-7-11-17-21)24(20-14-8-6-9-15-20)22-18-12-13-19-23(22)29-5/h6-19H,1-5H3/b25-24+. The lowest BCUT2D eigenvalue weighted by atomic mass is 9.68. The second kappa shape index (κ2) is 8.37. The number of hydrogen-bond acceptors (Lipinski definition) is 3. The molecule has 0 saturated carbocycles. The van der Waals surface area contributed by atoms with Crippen molar-refractivity contribution in [3.8, 4) is 5.75 Å². The van der Waals surface area contributed by atoms with Crippen molar-refractivity contribution in [2.45, 2.75) is 38.9 Å². The van der Waals surface area contributed by atoms with Gasteiger partial charge in [0.2, 0.25) is 0 Å². The van der Waals surface area contributed by atoms with Crippen molar-refractivity contribution in [2.75, 3.05) is 7.11 Å². The molecule has 0 spiro atoms. The summed E-state index contributed by atoms with van der Waals surface area (Å²) in [5.41, 5.74) is 4.30. The summed E-state index contributed by atoms with van der Waals surface area (Å²) in [7, 11) is 1.19. The minimum Gasteiger partial charge on any atom is -0.496 e. The summed E-state index contributed by atoms with van der Waals surface area (Å²) in [4.78, 5) is 0. The van der Waals surface area contributed by atoms with Gasteiger partial charge < -0.3 is 14.0 Å². The van der Waals surface area contributed by atoms with Gasteiger partial charge >= 0.3 is 7.12 Å². The lowest BCUT2D eigenvalue weighted by Gasteiger charge is -2.32. The number of methoxy groups -OCH3 is 1. The SMILES string of the molecule is COc1ccccc1/C(=C(/B1OC(C)(C)C(C)(C)O1)c1ccccc1)c1ccccc1. The van der Waals surface area contributed by atoms with Crippen LogP contribution < -0.4 is 4.74 Å². The molecule has 0 bridgehead atoms. The Morgan fingerprint density at radius 3 is 1.71 bits per heavy atom. The van der Waals surface area contributed by atoms with Crippen LogP contribution in [0.3, 0.4) is 0 Å². The van der Waals surface area contributed by atoms with Crippen molar-refractivity contribution in [1.29, 1.82) is 0 Å². The van der Waals surface area contributed by atoms with Gasteiger partial charge in [0.05, 0.1) is 18.3 Å². The van der Waals surface area contributed by atoms with Gasteiger partial charge in [0, 0.05) is 5.56 Å². The van der Waals surface area contributed by atoms with Crippen molar-refractivity contribution in [2.24, 2.45) is 0 Å². The summed E-state index contributed by atoms with van der Waals surface area (Å²) < 4.78 is 18.9. The van der Waals surface area contributed by atoms with Gasteiger partial charge in [-0.05, 0) is 55.9 Å². The Balaban J connectivity index is 2.05. The second-order valence-corrected chi connectivity index (χ2v) is 8.81. The third kappa shape index (κ3) is 4.06. The Hall–Kier alpha value is -2.82. The number of benzene rings is 3. The molecule has 0 radical (unpaired) electrons. The van der Waals surface area contributed by atoms with Crippen LogP contribution in [-0.4, -0.2) is 25.4 Å². The summed E-state index contributed by atoms with van der Waals surface area (Å²) in [5, 5.41) is 0. The molecule has 1 heterocycles. The Bertz CT molecular complexity index is 1060. The highest BCUT2D eigenvalue weighted by Gasteiger charge is 2.53. The van der Waals surface area contributed by atoms with Crippen LogP contribution in [0.4, 0.5) is 0 Å². The van der Waals surface area contributed by atoms with Crippen LogP contribution >= 0.6 is 0 Å². The maximum atomic E-state index is 6.56. The van der Waals surface area contributed by atoms with Crippen LogP contribution in [0, 0.1) is 0 Å². The quantitative estimate of drug-likeness (QED) is 0.364. The average molecular weight is 412 g/mol. The molecule has 3 aromatic carbocycles. The molecule has 0 aromatic heterocycles. The van der Waals surface area contributed by atoms with Crippen LogP contribution in [0.2, 0.25) is 0 Å². The molecule has 4 heteroatoms. The van der Waals surface area contributed by atoms with E-state index in [4.69, 9.17) is 14.0 Å². The summed E-state index contributed by atoms with van der Waals surface area (Å²) in [5.74, 6) is 0.811. The third-order valence-electron chi connectivity index (χ3n) is 6.28. The first kappa shape index (κ1) is 21.4. The van der Waals surface area contributed by atoms with Crippen LogP contribution in [0.15, 0.2) is 84.9 Å². The molecule has 1 aliphatic heterocycles. The Labute approximate surface area is 185 Å². The molecule has 0 amide bonds. The first-order valence-electron chi connectivity index (χ1n) is 10.7. The van der Waals surface area contributed by atoms with Gasteiger partial charge in [0.1, 0.15) is 5.75 Å². The lowest BCUT2D eigenvalue weighted by molar-refractivity contribution is 0.00578. The van der Waals surface area contributed by atoms with Crippen molar-refractivity contribution in [1.82, 2.24) is 0 Å². The molecular weight excluding hydrogens is 383 g/mol. The van der Waals surface area contributed by atoms with E-state index in [9.17, 15) is 0 Å². The van der Waals surface area contributed by atoms with Gasteiger partial charge in [-0.25, -0.2) is 0 Å². The molecule has 3 nitrogen and oxygen atoms in total. The molecule has 0 atom stereocenters. The maximum Gasteiger partial charge on any atom is 0.496 e. The normalized spacial score (nSPS) is 17.9. The average Bonchev–Trinajstić information content (AvgIpc) is 2.99.